The van der Waals surface area contributed by atoms with E-state index in [0.29, 0.717) is 6.54 Å². The smallest absolute Gasteiger partial charge is 0.191 e. The molecule has 0 saturated heterocycles. The molecule has 1 aromatic carbocycles. The highest BCUT2D eigenvalue weighted by Gasteiger charge is 2.04. The van der Waals surface area contributed by atoms with Crippen LogP contribution in [0.2, 0.25) is 0 Å². The zero-order valence-corrected chi connectivity index (χ0v) is 18.5. The van der Waals surface area contributed by atoms with Gasteiger partial charge in [-0.2, -0.15) is 0 Å². The minimum absolute atomic E-state index is 0. The van der Waals surface area contributed by atoms with Gasteiger partial charge in [-0.05, 0) is 49.6 Å². The number of halogens is 1. The van der Waals surface area contributed by atoms with Crippen molar-refractivity contribution in [3.8, 4) is 11.5 Å². The predicted octanol–water partition coefficient (Wildman–Crippen LogP) is 3.40. The van der Waals surface area contributed by atoms with Crippen molar-refractivity contribution in [1.82, 2.24) is 15.6 Å². The van der Waals surface area contributed by atoms with Crippen molar-refractivity contribution in [2.24, 2.45) is 4.99 Å². The lowest BCUT2D eigenvalue weighted by molar-refractivity contribution is 0.354. The van der Waals surface area contributed by atoms with Crippen LogP contribution >= 0.6 is 24.0 Å². The Balaban J connectivity index is 0.00000364. The van der Waals surface area contributed by atoms with E-state index < -0.39 is 0 Å². The van der Waals surface area contributed by atoms with Gasteiger partial charge in [0.05, 0.1) is 26.5 Å². The first-order valence-corrected chi connectivity index (χ1v) is 8.89. The molecule has 0 bridgehead atoms. The fraction of sp³-hybridized carbons (Fsp3) is 0.400. The molecule has 1 aromatic heterocycles. The largest absolute Gasteiger partial charge is 0.493 e. The van der Waals surface area contributed by atoms with Gasteiger partial charge in [-0.1, -0.05) is 12.1 Å². The van der Waals surface area contributed by atoms with Gasteiger partial charge in [0.15, 0.2) is 17.5 Å². The standard InChI is InChI=1S/C20H28N4O2.HI/c1-4-21-20(24-15-17-9-5-6-12-22-17)23-13-7-8-16-10-11-18(25-2)19(14-16)26-3;/h5-6,9-12,14H,4,7-8,13,15H2,1-3H3,(H2,21,23,24);1H. The molecule has 0 fully saturated rings. The first-order valence-electron chi connectivity index (χ1n) is 8.89. The van der Waals surface area contributed by atoms with E-state index in [1.165, 1.54) is 5.56 Å². The van der Waals surface area contributed by atoms with Gasteiger partial charge in [0, 0.05) is 19.3 Å². The van der Waals surface area contributed by atoms with Crippen LogP contribution in [0.15, 0.2) is 47.6 Å². The van der Waals surface area contributed by atoms with E-state index in [-0.39, 0.29) is 24.0 Å². The lowest BCUT2D eigenvalue weighted by Crippen LogP contribution is -2.37. The second-order valence-electron chi connectivity index (χ2n) is 5.74. The summed E-state index contributed by atoms with van der Waals surface area (Å²) in [5.74, 6) is 2.33. The molecular formula is C20H29IN4O2. The summed E-state index contributed by atoms with van der Waals surface area (Å²) in [6.45, 7) is 4.28. The number of pyridine rings is 1. The maximum Gasteiger partial charge on any atom is 0.191 e. The minimum atomic E-state index is 0. The van der Waals surface area contributed by atoms with Crippen LogP contribution in [-0.2, 0) is 13.0 Å². The SMILES string of the molecule is CCNC(=NCc1ccccn1)NCCCc1ccc(OC)c(OC)c1.I. The Hall–Kier alpha value is -2.03. The molecule has 1 heterocycles. The zero-order chi connectivity index (χ0) is 18.6. The second-order valence-corrected chi connectivity index (χ2v) is 5.74. The summed E-state index contributed by atoms with van der Waals surface area (Å²) in [5.41, 5.74) is 2.18. The Kier molecular flexibility index (Phi) is 11.2. The van der Waals surface area contributed by atoms with E-state index in [1.54, 1.807) is 20.4 Å². The van der Waals surface area contributed by atoms with Crippen LogP contribution in [0.4, 0.5) is 0 Å². The number of aromatic nitrogens is 1. The number of hydrogen-bond donors (Lipinski definition) is 2. The van der Waals surface area contributed by atoms with E-state index >= 15 is 0 Å². The van der Waals surface area contributed by atoms with Gasteiger partial charge in [-0.15, -0.1) is 24.0 Å². The van der Waals surface area contributed by atoms with Gasteiger partial charge >= 0.3 is 0 Å². The molecule has 0 radical (unpaired) electrons. The average Bonchev–Trinajstić information content (AvgIpc) is 2.69. The summed E-state index contributed by atoms with van der Waals surface area (Å²) in [7, 11) is 3.30. The number of nitrogens with one attached hydrogen (secondary N) is 2. The normalized spacial score (nSPS) is 10.7. The topological polar surface area (TPSA) is 67.8 Å². The van der Waals surface area contributed by atoms with Crippen molar-refractivity contribution in [2.75, 3.05) is 27.3 Å². The number of nitrogens with zero attached hydrogens (tertiary/aromatic N) is 2. The monoisotopic (exact) mass is 484 g/mol. The van der Waals surface area contributed by atoms with Crippen LogP contribution in [0.25, 0.3) is 0 Å². The number of hydrogen-bond acceptors (Lipinski definition) is 4. The summed E-state index contributed by atoms with van der Waals surface area (Å²) in [6.07, 6.45) is 3.73. The molecule has 0 atom stereocenters. The first kappa shape index (κ1) is 23.0. The average molecular weight is 484 g/mol. The van der Waals surface area contributed by atoms with Crippen LogP contribution in [-0.4, -0.2) is 38.3 Å². The zero-order valence-electron chi connectivity index (χ0n) is 16.2. The van der Waals surface area contributed by atoms with Gasteiger partial charge in [-0.3, -0.25) is 4.98 Å². The molecule has 0 unspecified atom stereocenters. The Morgan fingerprint density at radius 3 is 2.56 bits per heavy atom. The lowest BCUT2D eigenvalue weighted by Gasteiger charge is -2.12. The van der Waals surface area contributed by atoms with Gasteiger partial charge in [0.1, 0.15) is 0 Å². The van der Waals surface area contributed by atoms with Crippen molar-refractivity contribution < 1.29 is 9.47 Å². The second kappa shape index (κ2) is 13.2. The molecule has 6 nitrogen and oxygen atoms in total. The summed E-state index contributed by atoms with van der Waals surface area (Å²) >= 11 is 0. The van der Waals surface area contributed by atoms with E-state index in [0.717, 1.165) is 49.1 Å². The summed E-state index contributed by atoms with van der Waals surface area (Å²) in [4.78, 5) is 8.87. The van der Waals surface area contributed by atoms with Gasteiger partial charge in [0.2, 0.25) is 0 Å². The third kappa shape index (κ3) is 8.03. The highest BCUT2D eigenvalue weighted by molar-refractivity contribution is 14.0. The molecule has 0 aliphatic carbocycles. The van der Waals surface area contributed by atoms with Crippen LogP contribution in [0.3, 0.4) is 0 Å². The third-order valence-corrected chi connectivity index (χ3v) is 3.85. The van der Waals surface area contributed by atoms with Gasteiger partial charge in [0.25, 0.3) is 0 Å². The van der Waals surface area contributed by atoms with Crippen molar-refractivity contribution in [3.63, 3.8) is 0 Å². The van der Waals surface area contributed by atoms with E-state index in [9.17, 15) is 0 Å². The highest BCUT2D eigenvalue weighted by Crippen LogP contribution is 2.27. The summed E-state index contributed by atoms with van der Waals surface area (Å²) < 4.78 is 10.6. The van der Waals surface area contributed by atoms with Gasteiger partial charge in [-0.25, -0.2) is 4.99 Å². The van der Waals surface area contributed by atoms with E-state index in [4.69, 9.17) is 9.47 Å². The summed E-state index contributed by atoms with van der Waals surface area (Å²) in [5, 5.41) is 6.63. The molecule has 0 spiro atoms. The van der Waals surface area contributed by atoms with Crippen molar-refractivity contribution in [3.05, 3.63) is 53.9 Å². The Bertz CT molecular complexity index is 696. The molecule has 0 aliphatic heterocycles. The number of ether oxygens (including phenoxy) is 2. The van der Waals surface area contributed by atoms with Crippen LogP contribution in [0.5, 0.6) is 11.5 Å². The molecule has 2 rings (SSSR count). The number of aliphatic imine (C=N–C) groups is 1. The number of guanidine groups is 1. The molecule has 0 saturated carbocycles. The maximum atomic E-state index is 5.35. The molecule has 148 valence electrons. The minimum Gasteiger partial charge on any atom is -0.493 e. The molecular weight excluding hydrogens is 455 g/mol. The molecule has 7 heteroatoms. The van der Waals surface area contributed by atoms with Crippen molar-refractivity contribution >= 4 is 29.9 Å². The Morgan fingerprint density at radius 1 is 1.07 bits per heavy atom. The van der Waals surface area contributed by atoms with Crippen molar-refractivity contribution in [1.29, 1.82) is 0 Å². The van der Waals surface area contributed by atoms with E-state index in [1.807, 2.05) is 30.3 Å². The van der Waals surface area contributed by atoms with Crippen LogP contribution in [0.1, 0.15) is 24.6 Å². The number of methoxy groups -OCH3 is 2. The number of benzene rings is 1. The fourth-order valence-electron chi connectivity index (χ4n) is 2.53. The fourth-order valence-corrected chi connectivity index (χ4v) is 2.53. The number of rotatable bonds is 9. The van der Waals surface area contributed by atoms with E-state index in [2.05, 4.69) is 33.6 Å². The predicted molar refractivity (Wildman–Crippen MR) is 120 cm³/mol. The molecule has 2 aromatic rings. The first-order chi connectivity index (χ1) is 12.8. The summed E-state index contributed by atoms with van der Waals surface area (Å²) in [6, 6.07) is 11.9. The lowest BCUT2D eigenvalue weighted by atomic mass is 10.1. The molecule has 0 aliphatic rings. The Morgan fingerprint density at radius 2 is 1.89 bits per heavy atom. The Labute approximate surface area is 178 Å². The molecule has 2 N–H and O–H groups in total. The maximum absolute atomic E-state index is 5.35. The quantitative estimate of drug-likeness (QED) is 0.247. The van der Waals surface area contributed by atoms with Gasteiger partial charge < -0.3 is 20.1 Å². The third-order valence-electron chi connectivity index (χ3n) is 3.85. The van der Waals surface area contributed by atoms with Crippen molar-refractivity contribution in [2.45, 2.75) is 26.3 Å². The molecule has 0 amide bonds. The molecule has 27 heavy (non-hydrogen) atoms. The van der Waals surface area contributed by atoms with Crippen LogP contribution in [0, 0.1) is 0 Å². The van der Waals surface area contributed by atoms with Crippen LogP contribution < -0.4 is 20.1 Å². The number of aryl methyl sites for hydroxylation is 1. The highest BCUT2D eigenvalue weighted by atomic mass is 127.